The van der Waals surface area contributed by atoms with E-state index in [1.807, 2.05) is 13.8 Å². The van der Waals surface area contributed by atoms with Crippen molar-refractivity contribution in [2.45, 2.75) is 59.1 Å². The molecule has 0 radical (unpaired) electrons. The highest BCUT2D eigenvalue weighted by atomic mass is 19.4. The van der Waals surface area contributed by atoms with Crippen LogP contribution in [0.25, 0.3) is 27.6 Å². The first-order valence-corrected chi connectivity index (χ1v) is 21.9. The van der Waals surface area contributed by atoms with Crippen molar-refractivity contribution in [3.05, 3.63) is 142 Å². The molecular formula is C53H50F4O10. The Morgan fingerprint density at radius 1 is 0.701 bits per heavy atom. The Morgan fingerprint density at radius 2 is 1.34 bits per heavy atom. The van der Waals surface area contributed by atoms with Gasteiger partial charge in [0.15, 0.2) is 11.5 Å². The first-order valence-electron chi connectivity index (χ1n) is 21.9. The number of methoxy groups -OCH3 is 1. The van der Waals surface area contributed by atoms with E-state index in [9.17, 15) is 31.9 Å². The van der Waals surface area contributed by atoms with Crippen LogP contribution >= 0.6 is 0 Å². The number of halogens is 4. The molecule has 10 nitrogen and oxygen atoms in total. The van der Waals surface area contributed by atoms with Crippen molar-refractivity contribution < 1.29 is 65.1 Å². The van der Waals surface area contributed by atoms with Crippen LogP contribution in [0.3, 0.4) is 0 Å². The molecule has 0 aliphatic carbocycles. The first-order chi connectivity index (χ1) is 32.2. The van der Waals surface area contributed by atoms with Gasteiger partial charge in [0.2, 0.25) is 0 Å². The summed E-state index contributed by atoms with van der Waals surface area (Å²) in [6.45, 7) is 9.62. The minimum absolute atomic E-state index is 0.0129. The van der Waals surface area contributed by atoms with Crippen LogP contribution in [-0.2, 0) is 20.4 Å². The van der Waals surface area contributed by atoms with Crippen molar-refractivity contribution in [1.82, 2.24) is 0 Å². The molecule has 0 N–H and O–H groups in total. The number of carbonyl (C=O) groups excluding carboxylic acids is 3. The molecule has 14 heteroatoms. The van der Waals surface area contributed by atoms with E-state index in [-0.39, 0.29) is 44.7 Å². The van der Waals surface area contributed by atoms with E-state index < -0.39 is 35.5 Å². The van der Waals surface area contributed by atoms with Crippen LogP contribution in [0.4, 0.5) is 17.6 Å². The Bertz CT molecular complexity index is 2780. The number of ether oxygens (including phenoxy) is 7. The van der Waals surface area contributed by atoms with E-state index in [1.165, 1.54) is 55.7 Å². The SMILES string of the molecule is CCC1(COCCCCCCOc2c(C)cc(C(=O)Oc3ccc(OC(=O)/C=C/c4ccc(OC(=O)c5ccc6c(F)cc(C(F)(F)F)cc6c5)c(OC)c4)c4ccccc34)cc2C)COC1. The summed E-state index contributed by atoms with van der Waals surface area (Å²) in [4.78, 5) is 39.6. The second-order valence-electron chi connectivity index (χ2n) is 16.5. The number of carbonyl (C=O) groups is 3. The highest BCUT2D eigenvalue weighted by Gasteiger charge is 2.37. The number of aryl methyl sites for hydroxylation is 2. The molecule has 350 valence electrons. The number of unbranched alkanes of at least 4 members (excludes halogenated alkanes) is 3. The summed E-state index contributed by atoms with van der Waals surface area (Å²) in [6.07, 6.45) is 2.93. The molecular weight excluding hydrogens is 873 g/mol. The summed E-state index contributed by atoms with van der Waals surface area (Å²) in [5.74, 6) is -1.93. The molecule has 0 atom stereocenters. The smallest absolute Gasteiger partial charge is 0.416 e. The Hall–Kier alpha value is -6.77. The molecule has 1 saturated heterocycles. The average Bonchev–Trinajstić information content (AvgIpc) is 3.29. The third kappa shape index (κ3) is 11.8. The summed E-state index contributed by atoms with van der Waals surface area (Å²) in [6, 6.07) is 22.8. The number of esters is 3. The third-order valence-electron chi connectivity index (χ3n) is 11.6. The van der Waals surface area contributed by atoms with Crippen LogP contribution in [0.2, 0.25) is 0 Å². The van der Waals surface area contributed by atoms with Crippen molar-refractivity contribution in [3.8, 4) is 28.7 Å². The fourth-order valence-corrected chi connectivity index (χ4v) is 7.73. The molecule has 1 aliphatic rings. The average molecular weight is 923 g/mol. The molecule has 0 bridgehead atoms. The van der Waals surface area contributed by atoms with E-state index in [4.69, 9.17) is 33.2 Å². The van der Waals surface area contributed by atoms with Gasteiger partial charge in [-0.25, -0.2) is 18.8 Å². The van der Waals surface area contributed by atoms with Gasteiger partial charge < -0.3 is 33.2 Å². The quantitative estimate of drug-likeness (QED) is 0.0256. The van der Waals surface area contributed by atoms with Gasteiger partial charge >= 0.3 is 24.1 Å². The normalized spacial score (nSPS) is 13.4. The van der Waals surface area contributed by atoms with Crippen LogP contribution in [-0.4, -0.2) is 58.1 Å². The monoisotopic (exact) mass is 922 g/mol. The van der Waals surface area contributed by atoms with Crippen LogP contribution in [0.15, 0.2) is 103 Å². The van der Waals surface area contributed by atoms with Gasteiger partial charge in [-0.15, -0.1) is 0 Å². The lowest BCUT2D eigenvalue weighted by Gasteiger charge is -2.40. The molecule has 67 heavy (non-hydrogen) atoms. The Labute approximate surface area is 385 Å². The van der Waals surface area contributed by atoms with E-state index in [0.29, 0.717) is 34.6 Å². The van der Waals surface area contributed by atoms with Gasteiger partial charge in [-0.3, -0.25) is 0 Å². The van der Waals surface area contributed by atoms with Gasteiger partial charge in [-0.2, -0.15) is 13.2 Å². The molecule has 6 aromatic rings. The zero-order chi connectivity index (χ0) is 47.7. The predicted octanol–water partition coefficient (Wildman–Crippen LogP) is 12.2. The second kappa shape index (κ2) is 21.2. The fourth-order valence-electron chi connectivity index (χ4n) is 7.73. The van der Waals surface area contributed by atoms with E-state index in [1.54, 1.807) is 42.5 Å². The van der Waals surface area contributed by atoms with E-state index in [0.717, 1.165) is 87.5 Å². The minimum atomic E-state index is -4.78. The summed E-state index contributed by atoms with van der Waals surface area (Å²) in [7, 11) is 1.34. The molecule has 0 aromatic heterocycles. The topological polar surface area (TPSA) is 116 Å². The lowest BCUT2D eigenvalue weighted by molar-refractivity contribution is -0.150. The maximum absolute atomic E-state index is 14.4. The zero-order valence-corrected chi connectivity index (χ0v) is 37.6. The summed E-state index contributed by atoms with van der Waals surface area (Å²) >= 11 is 0. The lowest BCUT2D eigenvalue weighted by atomic mass is 9.84. The van der Waals surface area contributed by atoms with Crippen LogP contribution in [0, 0.1) is 25.1 Å². The predicted molar refractivity (Wildman–Crippen MR) is 245 cm³/mol. The Morgan fingerprint density at radius 3 is 1.99 bits per heavy atom. The number of fused-ring (bicyclic) bond motifs is 2. The molecule has 0 amide bonds. The van der Waals surface area contributed by atoms with E-state index >= 15 is 0 Å². The summed E-state index contributed by atoms with van der Waals surface area (Å²) < 4.78 is 94.1. The molecule has 1 aliphatic heterocycles. The van der Waals surface area contributed by atoms with Gasteiger partial charge in [0, 0.05) is 34.3 Å². The number of hydrogen-bond acceptors (Lipinski definition) is 10. The minimum Gasteiger partial charge on any atom is -0.493 e. The number of hydrogen-bond donors (Lipinski definition) is 0. The highest BCUT2D eigenvalue weighted by molar-refractivity contribution is 6.00. The van der Waals surface area contributed by atoms with Gasteiger partial charge in [0.1, 0.15) is 23.1 Å². The first kappa shape index (κ1) is 48.2. The fraction of sp³-hybridized carbons (Fsp3) is 0.302. The molecule has 1 heterocycles. The number of rotatable bonds is 19. The van der Waals surface area contributed by atoms with Crippen molar-refractivity contribution in [2.75, 3.05) is 40.1 Å². The molecule has 1 fully saturated rings. The highest BCUT2D eigenvalue weighted by Crippen LogP contribution is 2.37. The standard InChI is InChI=1S/C53H50F4O10/c1-5-52(31-63-32-52)30-62-22-10-6-7-11-23-64-49-33(2)24-38(25-34(49)3)51(60)66-45-20-19-44(41-12-8-9-13-42(41)45)65-48(58)21-15-35-14-18-46(47(26-35)61-4)67-50(59)36-16-17-40-37(27-36)28-39(29-43(40)54)53(55,56)57/h8-9,12-21,24-29H,5-7,10-11,22-23,30-32H2,1-4H3/b21-15+. The molecule has 0 saturated carbocycles. The van der Waals surface area contributed by atoms with Crippen LogP contribution in [0.1, 0.15) is 82.0 Å². The van der Waals surface area contributed by atoms with Crippen LogP contribution < -0.4 is 23.7 Å². The zero-order valence-electron chi connectivity index (χ0n) is 37.6. The molecule has 6 aromatic carbocycles. The number of alkyl halides is 3. The third-order valence-corrected chi connectivity index (χ3v) is 11.6. The largest absolute Gasteiger partial charge is 0.493 e. The maximum Gasteiger partial charge on any atom is 0.416 e. The van der Waals surface area contributed by atoms with Gasteiger partial charge in [-0.05, 0) is 128 Å². The summed E-state index contributed by atoms with van der Waals surface area (Å²) in [5.41, 5.74) is 1.37. The van der Waals surface area contributed by atoms with Crippen molar-refractivity contribution in [1.29, 1.82) is 0 Å². The molecule has 0 spiro atoms. The maximum atomic E-state index is 14.4. The van der Waals surface area contributed by atoms with Crippen molar-refractivity contribution >= 4 is 45.5 Å². The molecule has 7 rings (SSSR count). The Kier molecular flexibility index (Phi) is 15.3. The second-order valence-corrected chi connectivity index (χ2v) is 16.5. The number of benzene rings is 6. The van der Waals surface area contributed by atoms with Crippen LogP contribution in [0.5, 0.6) is 28.7 Å². The van der Waals surface area contributed by atoms with Gasteiger partial charge in [0.25, 0.3) is 0 Å². The lowest BCUT2D eigenvalue weighted by Crippen LogP contribution is -2.45. The van der Waals surface area contributed by atoms with Gasteiger partial charge in [-0.1, -0.05) is 49.7 Å². The van der Waals surface area contributed by atoms with Gasteiger partial charge in [0.05, 0.1) is 50.2 Å². The van der Waals surface area contributed by atoms with Crippen molar-refractivity contribution in [2.24, 2.45) is 5.41 Å². The van der Waals surface area contributed by atoms with E-state index in [2.05, 4.69) is 6.92 Å². The summed E-state index contributed by atoms with van der Waals surface area (Å²) in [5, 5.41) is 0.849. The van der Waals surface area contributed by atoms with Crippen molar-refractivity contribution in [3.63, 3.8) is 0 Å². The molecule has 0 unspecified atom stereocenters. The Balaban J connectivity index is 0.925.